The zero-order chi connectivity index (χ0) is 37.5. The van der Waals surface area contributed by atoms with Crippen LogP contribution in [0.4, 0.5) is 0 Å². The fourth-order valence-electron chi connectivity index (χ4n) is 9.24. The van der Waals surface area contributed by atoms with Crippen LogP contribution in [-0.4, -0.2) is 18.9 Å². The van der Waals surface area contributed by atoms with E-state index < -0.39 is 0 Å². The van der Waals surface area contributed by atoms with Crippen LogP contribution in [0.5, 0.6) is 0 Å². The van der Waals surface area contributed by atoms with Crippen molar-refractivity contribution in [1.82, 2.24) is 18.9 Å². The summed E-state index contributed by atoms with van der Waals surface area (Å²) in [6, 6.07) is 69.7. The summed E-state index contributed by atoms with van der Waals surface area (Å²) in [5, 5.41) is 4.71. The van der Waals surface area contributed by atoms with Gasteiger partial charge in [-0.25, -0.2) is 9.97 Å². The molecule has 266 valence electrons. The molecule has 57 heavy (non-hydrogen) atoms. The van der Waals surface area contributed by atoms with Gasteiger partial charge in [-0.3, -0.25) is 4.40 Å². The molecule has 12 rings (SSSR count). The van der Waals surface area contributed by atoms with Crippen molar-refractivity contribution in [3.05, 3.63) is 205 Å². The standard InChI is InChI=1S/C53H34N4/c1-3-15-34(16-4-1)50-44-24-9-10-25-45(44)53-55-51(35-17-5-2-6-18-35)54-52(57(50)53)38-20-13-21-39(31-38)56-48-28-12-11-23-43(48)47-33-37(29-30-49(47)56)41-26-14-27-42-40-22-8-7-19-36(40)32-46(41)42/h1-31,33H,32H2. The van der Waals surface area contributed by atoms with Crippen LogP contribution in [0.3, 0.4) is 0 Å². The molecule has 0 saturated heterocycles. The van der Waals surface area contributed by atoms with E-state index in [4.69, 9.17) is 9.97 Å². The van der Waals surface area contributed by atoms with E-state index in [1.54, 1.807) is 0 Å². The molecule has 4 heteroatoms. The van der Waals surface area contributed by atoms with Crippen LogP contribution in [0.25, 0.3) is 100 Å². The maximum absolute atomic E-state index is 5.40. The average molecular weight is 727 g/mol. The van der Waals surface area contributed by atoms with Gasteiger partial charge in [0.05, 0.1) is 16.7 Å². The molecule has 0 unspecified atom stereocenters. The molecule has 0 aliphatic heterocycles. The molecule has 0 atom stereocenters. The van der Waals surface area contributed by atoms with Gasteiger partial charge in [0.15, 0.2) is 5.82 Å². The zero-order valence-corrected chi connectivity index (χ0v) is 31.0. The third-order valence-electron chi connectivity index (χ3n) is 11.8. The van der Waals surface area contributed by atoms with Gasteiger partial charge in [-0.1, -0.05) is 164 Å². The Kier molecular flexibility index (Phi) is 6.96. The van der Waals surface area contributed by atoms with Crippen LogP contribution in [-0.2, 0) is 6.42 Å². The summed E-state index contributed by atoms with van der Waals surface area (Å²) < 4.78 is 4.67. The van der Waals surface area contributed by atoms with Gasteiger partial charge in [0.2, 0.25) is 0 Å². The quantitative estimate of drug-likeness (QED) is 0.177. The molecule has 8 aromatic carbocycles. The molecule has 0 radical (unpaired) electrons. The van der Waals surface area contributed by atoms with Crippen LogP contribution in [0.15, 0.2) is 194 Å². The topological polar surface area (TPSA) is 35.1 Å². The number of nitrogens with zero attached hydrogens (tertiary/aromatic N) is 4. The highest BCUT2D eigenvalue weighted by atomic mass is 15.1. The van der Waals surface area contributed by atoms with Gasteiger partial charge in [-0.05, 0) is 75.7 Å². The highest BCUT2D eigenvalue weighted by molar-refractivity contribution is 6.11. The lowest BCUT2D eigenvalue weighted by molar-refractivity contribution is 1.05. The van der Waals surface area contributed by atoms with Crippen molar-refractivity contribution in [1.29, 1.82) is 0 Å². The lowest BCUT2D eigenvalue weighted by atomic mass is 9.94. The number of hydrogen-bond acceptors (Lipinski definition) is 2. The van der Waals surface area contributed by atoms with E-state index >= 15 is 0 Å². The Labute approximate surface area is 329 Å². The number of hydrogen-bond donors (Lipinski definition) is 0. The first-order valence-corrected chi connectivity index (χ1v) is 19.6. The van der Waals surface area contributed by atoms with Crippen molar-refractivity contribution in [2.45, 2.75) is 6.42 Å². The second-order valence-corrected chi connectivity index (χ2v) is 15.0. The Bertz CT molecular complexity index is 3370. The Morgan fingerprint density at radius 3 is 1.91 bits per heavy atom. The van der Waals surface area contributed by atoms with Gasteiger partial charge < -0.3 is 4.57 Å². The molecular weight excluding hydrogens is 693 g/mol. The summed E-state index contributed by atoms with van der Waals surface area (Å²) in [6.07, 6.45) is 0.958. The van der Waals surface area contributed by atoms with Crippen molar-refractivity contribution in [2.24, 2.45) is 0 Å². The summed E-state index contributed by atoms with van der Waals surface area (Å²) in [5.41, 5.74) is 16.6. The summed E-state index contributed by atoms with van der Waals surface area (Å²) in [7, 11) is 0. The highest BCUT2D eigenvalue weighted by Gasteiger charge is 2.24. The first-order valence-electron chi connectivity index (χ1n) is 19.6. The Morgan fingerprint density at radius 1 is 0.404 bits per heavy atom. The second kappa shape index (κ2) is 12.5. The second-order valence-electron chi connectivity index (χ2n) is 15.0. The fraction of sp³-hybridized carbons (Fsp3) is 0.0189. The third-order valence-corrected chi connectivity index (χ3v) is 11.8. The number of aromatic nitrogens is 4. The summed E-state index contributed by atoms with van der Waals surface area (Å²) in [4.78, 5) is 10.7. The molecule has 0 amide bonds. The van der Waals surface area contributed by atoms with Crippen LogP contribution in [0, 0.1) is 0 Å². The van der Waals surface area contributed by atoms with Gasteiger partial charge in [0.1, 0.15) is 11.5 Å². The molecule has 0 spiro atoms. The van der Waals surface area contributed by atoms with Gasteiger partial charge >= 0.3 is 0 Å². The Morgan fingerprint density at radius 2 is 1.05 bits per heavy atom. The Balaban J connectivity index is 1.08. The maximum Gasteiger partial charge on any atom is 0.163 e. The van der Waals surface area contributed by atoms with Crippen molar-refractivity contribution >= 4 is 38.2 Å². The number of fused-ring (bicyclic) bond motifs is 9. The molecule has 0 N–H and O–H groups in total. The zero-order valence-electron chi connectivity index (χ0n) is 31.0. The van der Waals surface area contributed by atoms with Crippen LogP contribution in [0.2, 0.25) is 0 Å². The van der Waals surface area contributed by atoms with Crippen LogP contribution < -0.4 is 0 Å². The third kappa shape index (κ3) is 4.87. The van der Waals surface area contributed by atoms with Crippen molar-refractivity contribution in [3.63, 3.8) is 0 Å². The lowest BCUT2D eigenvalue weighted by Gasteiger charge is -2.14. The van der Waals surface area contributed by atoms with Crippen molar-refractivity contribution in [3.8, 4) is 62.0 Å². The van der Waals surface area contributed by atoms with Crippen LogP contribution in [0.1, 0.15) is 11.1 Å². The van der Waals surface area contributed by atoms with Gasteiger partial charge in [0.25, 0.3) is 0 Å². The van der Waals surface area contributed by atoms with Gasteiger partial charge in [-0.15, -0.1) is 0 Å². The summed E-state index contributed by atoms with van der Waals surface area (Å²) in [6.45, 7) is 0. The SMILES string of the molecule is c1ccc(-c2nc(-c3cccc(-n4c5ccccc5c5cc(-c6cccc7c6Cc6ccccc6-7)ccc54)c3)n3c(-c4ccccc4)c4ccccc4c3n2)cc1. The van der Waals surface area contributed by atoms with E-state index in [-0.39, 0.29) is 0 Å². The maximum atomic E-state index is 5.40. The van der Waals surface area contributed by atoms with E-state index in [1.807, 2.05) is 18.2 Å². The molecular formula is C53H34N4. The number of rotatable bonds is 5. The lowest BCUT2D eigenvalue weighted by Crippen LogP contribution is -2.03. The van der Waals surface area contributed by atoms with Crippen molar-refractivity contribution in [2.75, 3.05) is 0 Å². The van der Waals surface area contributed by atoms with E-state index in [2.05, 4.69) is 185 Å². The molecule has 1 aliphatic rings. The van der Waals surface area contributed by atoms with E-state index in [1.165, 1.54) is 55.2 Å². The molecule has 11 aromatic rings. The highest BCUT2D eigenvalue weighted by Crippen LogP contribution is 2.44. The molecule has 0 fully saturated rings. The number of benzene rings is 8. The summed E-state index contributed by atoms with van der Waals surface area (Å²) >= 11 is 0. The fourth-order valence-corrected chi connectivity index (χ4v) is 9.24. The monoisotopic (exact) mass is 726 g/mol. The largest absolute Gasteiger partial charge is 0.309 e. The van der Waals surface area contributed by atoms with Crippen LogP contribution >= 0.6 is 0 Å². The first kappa shape index (κ1) is 31.8. The minimum atomic E-state index is 0.700. The predicted octanol–water partition coefficient (Wildman–Crippen LogP) is 13.2. The minimum absolute atomic E-state index is 0.700. The predicted molar refractivity (Wildman–Crippen MR) is 235 cm³/mol. The number of para-hydroxylation sites is 1. The van der Waals surface area contributed by atoms with E-state index in [0.717, 1.165) is 56.7 Å². The molecule has 3 heterocycles. The van der Waals surface area contributed by atoms with E-state index in [9.17, 15) is 0 Å². The van der Waals surface area contributed by atoms with Crippen molar-refractivity contribution < 1.29 is 0 Å². The molecule has 4 nitrogen and oxygen atoms in total. The first-order chi connectivity index (χ1) is 28.3. The minimum Gasteiger partial charge on any atom is -0.309 e. The Hall–Kier alpha value is -7.56. The average Bonchev–Trinajstić information content (AvgIpc) is 3.94. The molecule has 3 aromatic heterocycles. The summed E-state index contributed by atoms with van der Waals surface area (Å²) in [5.74, 6) is 1.55. The molecule has 0 bridgehead atoms. The molecule has 0 saturated carbocycles. The van der Waals surface area contributed by atoms with Gasteiger partial charge in [0, 0.05) is 38.4 Å². The molecule has 1 aliphatic carbocycles. The van der Waals surface area contributed by atoms with Gasteiger partial charge in [-0.2, -0.15) is 0 Å². The normalized spacial score (nSPS) is 12.1. The van der Waals surface area contributed by atoms with E-state index in [0.29, 0.717) is 5.82 Å². The smallest absolute Gasteiger partial charge is 0.163 e.